The first-order valence-electron chi connectivity index (χ1n) is 5.18. The molecule has 1 aromatic heterocycles. The zero-order valence-corrected chi connectivity index (χ0v) is 10.9. The summed E-state index contributed by atoms with van der Waals surface area (Å²) >= 11 is 3.29. The molecule has 0 bridgehead atoms. The molecule has 90 valence electrons. The molecule has 0 aliphatic rings. The number of hydrogen-bond acceptors (Lipinski definition) is 2. The molecule has 0 fully saturated rings. The van der Waals surface area contributed by atoms with E-state index in [1.165, 1.54) is 18.6 Å². The predicted molar refractivity (Wildman–Crippen MR) is 66.1 cm³/mol. The SMILES string of the molecule is CC(O)(Cc1cc(Br)ccc1F)c1ccoc1. The van der Waals surface area contributed by atoms with Crippen molar-refractivity contribution in [2.75, 3.05) is 0 Å². The third-order valence-corrected chi connectivity index (χ3v) is 3.18. The highest BCUT2D eigenvalue weighted by molar-refractivity contribution is 9.10. The van der Waals surface area contributed by atoms with Crippen LogP contribution in [0.5, 0.6) is 0 Å². The van der Waals surface area contributed by atoms with Gasteiger partial charge < -0.3 is 9.52 Å². The van der Waals surface area contributed by atoms with Crippen LogP contribution in [0.25, 0.3) is 0 Å². The minimum Gasteiger partial charge on any atom is -0.472 e. The molecule has 1 N–H and O–H groups in total. The van der Waals surface area contributed by atoms with Gasteiger partial charge in [0.05, 0.1) is 18.1 Å². The molecule has 1 atom stereocenters. The van der Waals surface area contributed by atoms with E-state index in [2.05, 4.69) is 15.9 Å². The van der Waals surface area contributed by atoms with Gasteiger partial charge in [0.15, 0.2) is 0 Å². The molecule has 17 heavy (non-hydrogen) atoms. The van der Waals surface area contributed by atoms with E-state index in [9.17, 15) is 9.50 Å². The van der Waals surface area contributed by atoms with E-state index < -0.39 is 5.60 Å². The van der Waals surface area contributed by atoms with Crippen LogP contribution in [-0.2, 0) is 12.0 Å². The average molecular weight is 299 g/mol. The van der Waals surface area contributed by atoms with Crippen molar-refractivity contribution in [2.45, 2.75) is 18.9 Å². The van der Waals surface area contributed by atoms with Crippen LogP contribution in [0.15, 0.2) is 45.7 Å². The van der Waals surface area contributed by atoms with Gasteiger partial charge in [-0.25, -0.2) is 4.39 Å². The van der Waals surface area contributed by atoms with E-state index in [-0.39, 0.29) is 12.2 Å². The number of furan rings is 1. The van der Waals surface area contributed by atoms with Gasteiger partial charge in [0.1, 0.15) is 5.82 Å². The van der Waals surface area contributed by atoms with Gasteiger partial charge in [0.25, 0.3) is 0 Å². The Kier molecular flexibility index (Phi) is 3.35. The molecule has 0 saturated heterocycles. The second-order valence-corrected chi connectivity index (χ2v) is 5.11. The molecule has 2 rings (SSSR count). The Hall–Kier alpha value is -1.13. The van der Waals surface area contributed by atoms with Crippen molar-refractivity contribution in [3.8, 4) is 0 Å². The smallest absolute Gasteiger partial charge is 0.126 e. The van der Waals surface area contributed by atoms with Crippen LogP contribution in [0.2, 0.25) is 0 Å². The summed E-state index contributed by atoms with van der Waals surface area (Å²) in [6, 6.07) is 6.36. The lowest BCUT2D eigenvalue weighted by Gasteiger charge is -2.22. The minimum absolute atomic E-state index is 0.192. The van der Waals surface area contributed by atoms with Crippen molar-refractivity contribution in [1.29, 1.82) is 0 Å². The Balaban J connectivity index is 2.29. The van der Waals surface area contributed by atoms with Crippen molar-refractivity contribution in [1.82, 2.24) is 0 Å². The second kappa shape index (κ2) is 4.63. The summed E-state index contributed by atoms with van der Waals surface area (Å²) in [5.41, 5.74) is -0.0447. The summed E-state index contributed by atoms with van der Waals surface area (Å²) < 4.78 is 19.3. The summed E-state index contributed by atoms with van der Waals surface area (Å²) in [5, 5.41) is 10.3. The molecule has 0 aliphatic carbocycles. The van der Waals surface area contributed by atoms with E-state index >= 15 is 0 Å². The van der Waals surface area contributed by atoms with Gasteiger partial charge in [0.2, 0.25) is 0 Å². The molecule has 2 nitrogen and oxygen atoms in total. The summed E-state index contributed by atoms with van der Waals surface area (Å²) in [6.07, 6.45) is 3.15. The maximum atomic E-state index is 13.6. The van der Waals surface area contributed by atoms with Gasteiger partial charge in [-0.1, -0.05) is 15.9 Å². The predicted octanol–water partition coefficient (Wildman–Crippen LogP) is 3.63. The molecule has 1 heterocycles. The van der Waals surface area contributed by atoms with Gasteiger partial charge in [-0.2, -0.15) is 0 Å². The Morgan fingerprint density at radius 1 is 1.41 bits per heavy atom. The van der Waals surface area contributed by atoms with E-state index in [4.69, 9.17) is 4.42 Å². The van der Waals surface area contributed by atoms with Crippen LogP contribution in [0, 0.1) is 5.82 Å². The van der Waals surface area contributed by atoms with Crippen molar-refractivity contribution >= 4 is 15.9 Å². The third-order valence-electron chi connectivity index (χ3n) is 2.69. The van der Waals surface area contributed by atoms with E-state index in [0.29, 0.717) is 11.1 Å². The molecule has 1 unspecified atom stereocenters. The van der Waals surface area contributed by atoms with E-state index in [1.807, 2.05) is 0 Å². The van der Waals surface area contributed by atoms with Crippen LogP contribution in [0.4, 0.5) is 4.39 Å². The first-order chi connectivity index (χ1) is 7.99. The highest BCUT2D eigenvalue weighted by Crippen LogP contribution is 2.28. The molecule has 1 aromatic carbocycles. The molecular formula is C13H12BrFO2. The summed E-state index contributed by atoms with van der Waals surface area (Å²) in [6.45, 7) is 1.64. The maximum Gasteiger partial charge on any atom is 0.126 e. The van der Waals surface area contributed by atoms with Gasteiger partial charge in [0, 0.05) is 16.5 Å². The first kappa shape index (κ1) is 12.3. The Morgan fingerprint density at radius 3 is 2.82 bits per heavy atom. The Morgan fingerprint density at radius 2 is 2.18 bits per heavy atom. The van der Waals surface area contributed by atoms with Gasteiger partial charge in [-0.05, 0) is 36.8 Å². The molecule has 0 saturated carbocycles. The van der Waals surface area contributed by atoms with Crippen LogP contribution in [0.3, 0.4) is 0 Å². The summed E-state index contributed by atoms with van der Waals surface area (Å²) in [7, 11) is 0. The topological polar surface area (TPSA) is 33.4 Å². The van der Waals surface area contributed by atoms with Crippen LogP contribution >= 0.6 is 15.9 Å². The standard InChI is InChI=1S/C13H12BrFO2/c1-13(16,10-4-5-17-8-10)7-9-6-11(14)2-3-12(9)15/h2-6,8,16H,7H2,1H3. The van der Waals surface area contributed by atoms with E-state index in [1.54, 1.807) is 25.1 Å². The van der Waals surface area contributed by atoms with Crippen LogP contribution in [0.1, 0.15) is 18.1 Å². The minimum atomic E-state index is -1.14. The molecule has 0 aliphatic heterocycles. The highest BCUT2D eigenvalue weighted by Gasteiger charge is 2.26. The number of hydrogen-bond donors (Lipinski definition) is 1. The number of aliphatic hydroxyl groups is 1. The van der Waals surface area contributed by atoms with Gasteiger partial charge in [-0.3, -0.25) is 0 Å². The number of halogens is 2. The normalized spacial score (nSPS) is 14.6. The zero-order valence-electron chi connectivity index (χ0n) is 9.28. The average Bonchev–Trinajstić information content (AvgIpc) is 2.77. The third kappa shape index (κ3) is 2.76. The first-order valence-corrected chi connectivity index (χ1v) is 5.97. The van der Waals surface area contributed by atoms with Crippen molar-refractivity contribution < 1.29 is 13.9 Å². The molecule has 0 spiro atoms. The van der Waals surface area contributed by atoms with Gasteiger partial charge in [-0.15, -0.1) is 0 Å². The number of benzene rings is 1. The lowest BCUT2D eigenvalue weighted by atomic mass is 9.91. The quantitative estimate of drug-likeness (QED) is 0.939. The lowest BCUT2D eigenvalue weighted by molar-refractivity contribution is 0.0560. The second-order valence-electron chi connectivity index (χ2n) is 4.20. The fourth-order valence-corrected chi connectivity index (χ4v) is 2.13. The Labute approximate surface area is 107 Å². The fourth-order valence-electron chi connectivity index (χ4n) is 1.72. The molecule has 0 radical (unpaired) electrons. The molecule has 4 heteroatoms. The maximum absolute atomic E-state index is 13.6. The van der Waals surface area contributed by atoms with Gasteiger partial charge >= 0.3 is 0 Å². The number of rotatable bonds is 3. The zero-order chi connectivity index (χ0) is 12.5. The van der Waals surface area contributed by atoms with Crippen LogP contribution in [-0.4, -0.2) is 5.11 Å². The van der Waals surface area contributed by atoms with Crippen molar-refractivity contribution in [3.05, 3.63) is 58.2 Å². The molecule has 2 aromatic rings. The Bertz CT molecular complexity index is 506. The van der Waals surface area contributed by atoms with Crippen molar-refractivity contribution in [2.24, 2.45) is 0 Å². The van der Waals surface area contributed by atoms with Crippen LogP contribution < -0.4 is 0 Å². The monoisotopic (exact) mass is 298 g/mol. The largest absolute Gasteiger partial charge is 0.472 e. The van der Waals surface area contributed by atoms with E-state index in [0.717, 1.165) is 4.47 Å². The molecular weight excluding hydrogens is 287 g/mol. The summed E-state index contributed by atoms with van der Waals surface area (Å²) in [4.78, 5) is 0. The highest BCUT2D eigenvalue weighted by atomic mass is 79.9. The summed E-state index contributed by atoms with van der Waals surface area (Å²) in [5.74, 6) is -0.322. The lowest BCUT2D eigenvalue weighted by Crippen LogP contribution is -2.24. The fraction of sp³-hybridized carbons (Fsp3) is 0.231. The molecule has 0 amide bonds. The van der Waals surface area contributed by atoms with Crippen molar-refractivity contribution in [3.63, 3.8) is 0 Å².